The number of aliphatic imine (C=N–C) groups is 1. The molecule has 1 heterocycles. The molecule has 2 aromatic rings. The Morgan fingerprint density at radius 3 is 2.44 bits per heavy atom. The smallest absolute Gasteiger partial charge is 0.251 e. The maximum atomic E-state index is 11.7. The molecule has 0 radical (unpaired) electrons. The highest BCUT2D eigenvalue weighted by atomic mass is 127. The van der Waals surface area contributed by atoms with E-state index in [0.29, 0.717) is 24.2 Å². The average molecular weight is 550 g/mol. The molecule has 2 atom stereocenters. The predicted molar refractivity (Wildman–Crippen MR) is 143 cm³/mol. The fourth-order valence-corrected chi connectivity index (χ4v) is 3.99. The lowest BCUT2D eigenvalue weighted by atomic mass is 9.97. The van der Waals surface area contributed by atoms with Gasteiger partial charge >= 0.3 is 0 Å². The number of amides is 1. The van der Waals surface area contributed by atoms with Gasteiger partial charge in [0.15, 0.2) is 5.96 Å². The largest absolute Gasteiger partial charge is 0.357 e. The van der Waals surface area contributed by atoms with E-state index in [1.807, 2.05) is 24.3 Å². The molecule has 1 fully saturated rings. The number of halogens is 1. The van der Waals surface area contributed by atoms with Crippen LogP contribution in [0.3, 0.4) is 0 Å². The molecule has 1 aliphatic heterocycles. The molecule has 1 amide bonds. The fraction of sp³-hybridized carbons (Fsp3) is 0.440. The zero-order valence-electron chi connectivity index (χ0n) is 19.3. The van der Waals surface area contributed by atoms with Gasteiger partial charge in [0.05, 0.1) is 6.54 Å². The zero-order chi connectivity index (χ0) is 22.1. The SMILES string of the molecule is CCNC(=NCc1ccc(C(=O)NC)cc1)NC1CCN(Cc2ccccc2)C(C)C1.I. The number of carbonyl (C=O) groups excluding carboxylic acids is 1. The van der Waals surface area contributed by atoms with Crippen molar-refractivity contribution in [3.05, 3.63) is 71.3 Å². The number of nitrogens with one attached hydrogen (secondary N) is 3. The van der Waals surface area contributed by atoms with Crippen molar-refractivity contribution in [1.29, 1.82) is 0 Å². The van der Waals surface area contributed by atoms with Gasteiger partial charge in [0.25, 0.3) is 5.91 Å². The Hall–Kier alpha value is -2.13. The predicted octanol–water partition coefficient (Wildman–Crippen LogP) is 3.77. The molecule has 1 aliphatic rings. The Balaban J connectivity index is 0.00000363. The summed E-state index contributed by atoms with van der Waals surface area (Å²) in [5, 5.41) is 9.64. The van der Waals surface area contributed by atoms with Crippen molar-refractivity contribution in [1.82, 2.24) is 20.9 Å². The van der Waals surface area contributed by atoms with E-state index < -0.39 is 0 Å². The lowest BCUT2D eigenvalue weighted by Crippen LogP contribution is -2.51. The van der Waals surface area contributed by atoms with Gasteiger partial charge in [-0.25, -0.2) is 4.99 Å². The summed E-state index contributed by atoms with van der Waals surface area (Å²) >= 11 is 0. The van der Waals surface area contributed by atoms with Crippen molar-refractivity contribution < 1.29 is 4.79 Å². The van der Waals surface area contributed by atoms with E-state index in [2.05, 4.69) is 65.0 Å². The Bertz CT molecular complexity index is 856. The molecule has 0 spiro atoms. The van der Waals surface area contributed by atoms with Gasteiger partial charge in [-0.3, -0.25) is 9.69 Å². The number of nitrogens with zero attached hydrogens (tertiary/aromatic N) is 2. The van der Waals surface area contributed by atoms with Crippen molar-refractivity contribution in [2.24, 2.45) is 4.99 Å². The Morgan fingerprint density at radius 2 is 1.81 bits per heavy atom. The Kier molecular flexibility index (Phi) is 11.0. The average Bonchev–Trinajstić information content (AvgIpc) is 2.80. The summed E-state index contributed by atoms with van der Waals surface area (Å²) in [5.41, 5.74) is 3.12. The van der Waals surface area contributed by atoms with Crippen LogP contribution in [0.2, 0.25) is 0 Å². The highest BCUT2D eigenvalue weighted by Gasteiger charge is 2.25. The van der Waals surface area contributed by atoms with Crippen LogP contribution < -0.4 is 16.0 Å². The van der Waals surface area contributed by atoms with Crippen LogP contribution >= 0.6 is 24.0 Å². The van der Waals surface area contributed by atoms with Gasteiger partial charge in [-0.05, 0) is 49.9 Å². The van der Waals surface area contributed by atoms with E-state index in [1.165, 1.54) is 5.56 Å². The van der Waals surface area contributed by atoms with Gasteiger partial charge in [-0.2, -0.15) is 0 Å². The number of benzene rings is 2. The third-order valence-electron chi connectivity index (χ3n) is 5.79. The first-order valence-corrected chi connectivity index (χ1v) is 11.2. The van der Waals surface area contributed by atoms with Crippen molar-refractivity contribution in [2.75, 3.05) is 20.1 Å². The van der Waals surface area contributed by atoms with Crippen LogP contribution in [0.25, 0.3) is 0 Å². The van der Waals surface area contributed by atoms with Gasteiger partial charge in [0, 0.05) is 44.3 Å². The molecule has 0 bridgehead atoms. The van der Waals surface area contributed by atoms with Crippen LogP contribution in [0.5, 0.6) is 0 Å². The molecule has 2 unspecified atom stereocenters. The molecule has 0 saturated carbocycles. The summed E-state index contributed by atoms with van der Waals surface area (Å²) in [6.45, 7) is 7.88. The van der Waals surface area contributed by atoms with Crippen LogP contribution in [0.4, 0.5) is 0 Å². The summed E-state index contributed by atoms with van der Waals surface area (Å²) in [5.74, 6) is 0.782. The Labute approximate surface area is 209 Å². The van der Waals surface area contributed by atoms with E-state index >= 15 is 0 Å². The minimum absolute atomic E-state index is 0. The van der Waals surface area contributed by atoms with Gasteiger partial charge in [0.2, 0.25) is 0 Å². The lowest BCUT2D eigenvalue weighted by Gasteiger charge is -2.38. The van der Waals surface area contributed by atoms with Crippen molar-refractivity contribution in [3.63, 3.8) is 0 Å². The second-order valence-electron chi connectivity index (χ2n) is 8.14. The molecule has 0 aliphatic carbocycles. The quantitative estimate of drug-likeness (QED) is 0.280. The van der Waals surface area contributed by atoms with Crippen LogP contribution in [0.15, 0.2) is 59.6 Å². The molecule has 2 aromatic carbocycles. The molecule has 3 rings (SSSR count). The van der Waals surface area contributed by atoms with Crippen molar-refractivity contribution in [3.8, 4) is 0 Å². The maximum Gasteiger partial charge on any atom is 0.251 e. The van der Waals surface area contributed by atoms with E-state index in [4.69, 9.17) is 4.99 Å². The van der Waals surface area contributed by atoms with Gasteiger partial charge < -0.3 is 16.0 Å². The zero-order valence-corrected chi connectivity index (χ0v) is 21.6. The fourth-order valence-electron chi connectivity index (χ4n) is 3.99. The Morgan fingerprint density at radius 1 is 1.09 bits per heavy atom. The number of piperidine rings is 1. The van der Waals surface area contributed by atoms with Gasteiger partial charge in [0.1, 0.15) is 0 Å². The van der Waals surface area contributed by atoms with Crippen LogP contribution in [-0.2, 0) is 13.1 Å². The summed E-state index contributed by atoms with van der Waals surface area (Å²) in [6, 6.07) is 19.2. The highest BCUT2D eigenvalue weighted by molar-refractivity contribution is 14.0. The molecule has 6 nitrogen and oxygen atoms in total. The molecule has 3 N–H and O–H groups in total. The van der Waals surface area contributed by atoms with Crippen molar-refractivity contribution in [2.45, 2.75) is 51.9 Å². The lowest BCUT2D eigenvalue weighted by molar-refractivity contribution is 0.0963. The standard InChI is InChI=1S/C25H35N5O.HI/c1-4-27-25(28-17-20-10-12-22(13-11-20)24(31)26-3)29-23-14-15-30(19(2)16-23)18-21-8-6-5-7-9-21;/h5-13,19,23H,4,14-18H2,1-3H3,(H,26,31)(H2,27,28,29);1H. The van der Waals surface area contributed by atoms with Gasteiger partial charge in [-0.15, -0.1) is 24.0 Å². The first kappa shape index (κ1) is 26.1. The molecule has 174 valence electrons. The maximum absolute atomic E-state index is 11.7. The molecule has 1 saturated heterocycles. The number of hydrogen-bond donors (Lipinski definition) is 3. The first-order chi connectivity index (χ1) is 15.1. The summed E-state index contributed by atoms with van der Waals surface area (Å²) in [6.07, 6.45) is 2.19. The highest BCUT2D eigenvalue weighted by Crippen LogP contribution is 2.20. The van der Waals surface area contributed by atoms with Crippen LogP contribution in [0.1, 0.15) is 48.2 Å². The number of rotatable bonds is 7. The third-order valence-corrected chi connectivity index (χ3v) is 5.79. The second kappa shape index (κ2) is 13.4. The molecular formula is C25H36IN5O. The second-order valence-corrected chi connectivity index (χ2v) is 8.14. The minimum Gasteiger partial charge on any atom is -0.357 e. The normalized spacial score (nSPS) is 19.0. The monoisotopic (exact) mass is 549 g/mol. The van der Waals surface area contributed by atoms with E-state index in [1.54, 1.807) is 7.05 Å². The molecule has 0 aromatic heterocycles. The summed E-state index contributed by atoms with van der Waals surface area (Å²) in [7, 11) is 1.64. The van der Waals surface area contributed by atoms with Crippen LogP contribution in [-0.4, -0.2) is 49.0 Å². The van der Waals surface area contributed by atoms with E-state index in [9.17, 15) is 4.79 Å². The van der Waals surface area contributed by atoms with Crippen molar-refractivity contribution >= 4 is 35.8 Å². The summed E-state index contributed by atoms with van der Waals surface area (Å²) < 4.78 is 0. The number of hydrogen-bond acceptors (Lipinski definition) is 3. The minimum atomic E-state index is -0.0715. The van der Waals surface area contributed by atoms with E-state index in [-0.39, 0.29) is 29.9 Å². The molecule has 32 heavy (non-hydrogen) atoms. The first-order valence-electron chi connectivity index (χ1n) is 11.2. The van der Waals surface area contributed by atoms with E-state index in [0.717, 1.165) is 44.0 Å². The number of likely N-dealkylation sites (tertiary alicyclic amines) is 1. The van der Waals surface area contributed by atoms with Crippen LogP contribution in [0, 0.1) is 0 Å². The van der Waals surface area contributed by atoms with Gasteiger partial charge in [-0.1, -0.05) is 42.5 Å². The number of guanidine groups is 1. The summed E-state index contributed by atoms with van der Waals surface area (Å²) in [4.78, 5) is 19.0. The topological polar surface area (TPSA) is 68.8 Å². The third kappa shape index (κ3) is 7.78. The molecule has 7 heteroatoms. The molecular weight excluding hydrogens is 513 g/mol. The number of carbonyl (C=O) groups is 1.